The summed E-state index contributed by atoms with van der Waals surface area (Å²) < 4.78 is 0. The molecule has 2 saturated carbocycles. The summed E-state index contributed by atoms with van der Waals surface area (Å²) in [5.41, 5.74) is 0.374. The maximum atomic E-state index is 12.2. The molecule has 2 aliphatic rings. The standard InChI is InChI=1S/C13H23NO/c1-8-9-6-11(13(8,2)3)10(12(9)15)7-14(4)5/h8-11H,6-7H2,1-5H3/p+1/t8-,9-,10-,11+/m1/s1. The molecule has 0 unspecified atom stereocenters. The molecule has 0 saturated heterocycles. The molecule has 0 heterocycles. The summed E-state index contributed by atoms with van der Waals surface area (Å²) in [6.45, 7) is 8.00. The van der Waals surface area contributed by atoms with Crippen molar-refractivity contribution in [3.05, 3.63) is 0 Å². The highest BCUT2D eigenvalue weighted by atomic mass is 16.1. The summed E-state index contributed by atoms with van der Waals surface area (Å²) in [5.74, 6) is 2.50. The van der Waals surface area contributed by atoms with Crippen molar-refractivity contribution >= 4 is 5.78 Å². The minimum Gasteiger partial charge on any atom is -0.339 e. The van der Waals surface area contributed by atoms with Crippen LogP contribution in [0.1, 0.15) is 27.2 Å². The predicted octanol–water partition coefficient (Wildman–Crippen LogP) is 0.628. The lowest BCUT2D eigenvalue weighted by molar-refractivity contribution is -0.861. The van der Waals surface area contributed by atoms with Crippen molar-refractivity contribution < 1.29 is 9.69 Å². The fraction of sp³-hybridized carbons (Fsp3) is 0.923. The van der Waals surface area contributed by atoms with E-state index in [1.165, 1.54) is 4.90 Å². The molecule has 0 aromatic heterocycles. The molecule has 86 valence electrons. The second-order valence-electron chi connectivity index (χ2n) is 6.48. The number of Topliss-reactive ketones (excluding diaryl/α,β-unsaturated/α-hetero) is 1. The Labute approximate surface area is 93.0 Å². The fourth-order valence-corrected chi connectivity index (χ4v) is 3.84. The van der Waals surface area contributed by atoms with Gasteiger partial charge in [0.2, 0.25) is 0 Å². The van der Waals surface area contributed by atoms with Crippen LogP contribution in [0, 0.1) is 29.1 Å². The Morgan fingerprint density at radius 3 is 2.47 bits per heavy atom. The number of hydrogen-bond donors (Lipinski definition) is 1. The lowest BCUT2D eigenvalue weighted by Crippen LogP contribution is -3.06. The summed E-state index contributed by atoms with van der Waals surface area (Å²) in [6, 6.07) is 0. The van der Waals surface area contributed by atoms with Gasteiger partial charge in [-0.25, -0.2) is 0 Å². The lowest BCUT2D eigenvalue weighted by atomic mass is 9.65. The number of hydrogen-bond acceptors (Lipinski definition) is 1. The van der Waals surface area contributed by atoms with E-state index in [4.69, 9.17) is 0 Å². The molecule has 0 aromatic carbocycles. The van der Waals surface area contributed by atoms with Crippen molar-refractivity contribution in [1.82, 2.24) is 0 Å². The summed E-state index contributed by atoms with van der Waals surface area (Å²) in [5, 5.41) is 0. The highest BCUT2D eigenvalue weighted by Crippen LogP contribution is 2.59. The Hall–Kier alpha value is -0.370. The van der Waals surface area contributed by atoms with Gasteiger partial charge in [-0.1, -0.05) is 20.8 Å². The minimum atomic E-state index is 0.339. The van der Waals surface area contributed by atoms with Gasteiger partial charge < -0.3 is 4.90 Å². The second kappa shape index (κ2) is 3.31. The van der Waals surface area contributed by atoms with Crippen LogP contribution in [-0.2, 0) is 4.79 Å². The van der Waals surface area contributed by atoms with E-state index in [1.54, 1.807) is 0 Å². The first-order valence-corrected chi connectivity index (χ1v) is 6.18. The maximum Gasteiger partial charge on any atom is 0.145 e. The zero-order valence-electron chi connectivity index (χ0n) is 10.6. The number of ketones is 1. The van der Waals surface area contributed by atoms with Crippen LogP contribution in [-0.4, -0.2) is 26.4 Å². The third-order valence-electron chi connectivity index (χ3n) is 5.09. The molecule has 2 nitrogen and oxygen atoms in total. The molecule has 2 rings (SSSR count). The molecule has 2 bridgehead atoms. The predicted molar refractivity (Wildman–Crippen MR) is 60.7 cm³/mol. The highest BCUT2D eigenvalue weighted by molar-refractivity contribution is 5.87. The molecule has 15 heavy (non-hydrogen) atoms. The summed E-state index contributed by atoms with van der Waals surface area (Å²) >= 11 is 0. The monoisotopic (exact) mass is 210 g/mol. The van der Waals surface area contributed by atoms with Crippen LogP contribution in [0.5, 0.6) is 0 Å². The first-order chi connectivity index (χ1) is 6.85. The molecule has 2 aliphatic carbocycles. The van der Waals surface area contributed by atoms with Crippen LogP contribution in [0.15, 0.2) is 0 Å². The molecular weight excluding hydrogens is 186 g/mol. The fourth-order valence-electron chi connectivity index (χ4n) is 3.84. The summed E-state index contributed by atoms with van der Waals surface area (Å²) in [7, 11) is 4.30. The summed E-state index contributed by atoms with van der Waals surface area (Å²) in [6.07, 6.45) is 1.16. The Bertz CT molecular complexity index is 282. The van der Waals surface area contributed by atoms with Crippen LogP contribution >= 0.6 is 0 Å². The largest absolute Gasteiger partial charge is 0.339 e. The number of carbonyl (C=O) groups is 1. The lowest BCUT2D eigenvalue weighted by Gasteiger charge is -2.39. The minimum absolute atomic E-state index is 0.339. The van der Waals surface area contributed by atoms with E-state index in [9.17, 15) is 4.79 Å². The molecule has 0 aromatic rings. The van der Waals surface area contributed by atoms with Crippen LogP contribution in [0.3, 0.4) is 0 Å². The van der Waals surface area contributed by atoms with Crippen LogP contribution in [0.2, 0.25) is 0 Å². The van der Waals surface area contributed by atoms with E-state index in [2.05, 4.69) is 34.9 Å². The van der Waals surface area contributed by atoms with Gasteiger partial charge in [0.1, 0.15) is 5.78 Å². The van der Waals surface area contributed by atoms with Gasteiger partial charge in [0, 0.05) is 5.92 Å². The number of quaternary nitrogens is 1. The van der Waals surface area contributed by atoms with Crippen LogP contribution in [0.4, 0.5) is 0 Å². The highest BCUT2D eigenvalue weighted by Gasteiger charge is 2.60. The normalized spacial score (nSPS) is 42.9. The van der Waals surface area contributed by atoms with Crippen molar-refractivity contribution in [2.24, 2.45) is 29.1 Å². The SMILES string of the molecule is C[C@@H]1[C@H]2C[C@@H]([C@@H](C[NH+](C)C)C2=O)C1(C)C. The Balaban J connectivity index is 2.21. The van der Waals surface area contributed by atoms with Crippen molar-refractivity contribution in [2.45, 2.75) is 27.2 Å². The van der Waals surface area contributed by atoms with Gasteiger partial charge in [-0.3, -0.25) is 4.79 Å². The zero-order chi connectivity index (χ0) is 11.4. The Kier molecular flexibility index (Phi) is 2.45. The maximum absolute atomic E-state index is 12.2. The van der Waals surface area contributed by atoms with Crippen molar-refractivity contribution in [3.8, 4) is 0 Å². The van der Waals surface area contributed by atoms with Gasteiger partial charge in [0.25, 0.3) is 0 Å². The third kappa shape index (κ3) is 1.45. The van der Waals surface area contributed by atoms with E-state index in [0.29, 0.717) is 34.9 Å². The average Bonchev–Trinajstić information content (AvgIpc) is 2.52. The number of nitrogens with one attached hydrogen (secondary N) is 1. The van der Waals surface area contributed by atoms with E-state index in [0.717, 1.165) is 13.0 Å². The summed E-state index contributed by atoms with van der Waals surface area (Å²) in [4.78, 5) is 13.6. The van der Waals surface area contributed by atoms with Gasteiger partial charge in [0.05, 0.1) is 26.6 Å². The Morgan fingerprint density at radius 2 is 2.00 bits per heavy atom. The van der Waals surface area contributed by atoms with Gasteiger partial charge in [0.15, 0.2) is 0 Å². The van der Waals surface area contributed by atoms with Crippen molar-refractivity contribution in [2.75, 3.05) is 20.6 Å². The first-order valence-electron chi connectivity index (χ1n) is 6.18. The molecule has 0 spiro atoms. The molecule has 2 fully saturated rings. The molecule has 4 atom stereocenters. The van der Waals surface area contributed by atoms with Gasteiger partial charge in [-0.15, -0.1) is 0 Å². The van der Waals surface area contributed by atoms with Gasteiger partial charge in [-0.05, 0) is 23.7 Å². The van der Waals surface area contributed by atoms with Crippen LogP contribution < -0.4 is 4.90 Å². The smallest absolute Gasteiger partial charge is 0.145 e. The van der Waals surface area contributed by atoms with E-state index in [-0.39, 0.29) is 0 Å². The topological polar surface area (TPSA) is 21.5 Å². The zero-order valence-corrected chi connectivity index (χ0v) is 10.6. The van der Waals surface area contributed by atoms with Crippen molar-refractivity contribution in [3.63, 3.8) is 0 Å². The van der Waals surface area contributed by atoms with E-state index in [1.807, 2.05) is 0 Å². The molecule has 2 heteroatoms. The van der Waals surface area contributed by atoms with Gasteiger partial charge >= 0.3 is 0 Å². The van der Waals surface area contributed by atoms with Crippen LogP contribution in [0.25, 0.3) is 0 Å². The second-order valence-corrected chi connectivity index (χ2v) is 6.48. The molecule has 0 aliphatic heterocycles. The quantitative estimate of drug-likeness (QED) is 0.709. The Morgan fingerprint density at radius 1 is 1.40 bits per heavy atom. The molecular formula is C13H24NO+. The average molecular weight is 210 g/mol. The van der Waals surface area contributed by atoms with E-state index < -0.39 is 0 Å². The number of rotatable bonds is 2. The first kappa shape index (κ1) is 11.1. The van der Waals surface area contributed by atoms with Crippen molar-refractivity contribution in [1.29, 1.82) is 0 Å². The van der Waals surface area contributed by atoms with E-state index >= 15 is 0 Å². The third-order valence-corrected chi connectivity index (χ3v) is 5.09. The van der Waals surface area contributed by atoms with Gasteiger partial charge in [-0.2, -0.15) is 0 Å². The molecule has 1 N–H and O–H groups in total. The molecule has 0 radical (unpaired) electrons. The molecule has 0 amide bonds. The number of fused-ring (bicyclic) bond motifs is 2. The number of carbonyl (C=O) groups excluding carboxylic acids is 1.